The van der Waals surface area contributed by atoms with Gasteiger partial charge in [-0.1, -0.05) is 6.07 Å². The normalized spacial score (nSPS) is 12.6. The highest BCUT2D eigenvalue weighted by Crippen LogP contribution is 2.21. The molecule has 1 atom stereocenters. The van der Waals surface area contributed by atoms with E-state index in [0.29, 0.717) is 16.5 Å². The first-order valence-electron chi connectivity index (χ1n) is 4.89. The van der Waals surface area contributed by atoms with Crippen LogP contribution >= 0.6 is 0 Å². The number of carboxylic acids is 1. The molecule has 1 unspecified atom stereocenters. The number of carbonyl (C=O) groups is 1. The van der Waals surface area contributed by atoms with Gasteiger partial charge in [-0.05, 0) is 30.7 Å². The fourth-order valence-electron chi connectivity index (χ4n) is 1.61. The molecule has 0 saturated carbocycles. The average molecular weight is 217 g/mol. The molecule has 0 amide bonds. The molecule has 2 aromatic rings. The highest BCUT2D eigenvalue weighted by atomic mass is 16.4. The van der Waals surface area contributed by atoms with Gasteiger partial charge < -0.3 is 10.2 Å². The Labute approximate surface area is 92.2 Å². The van der Waals surface area contributed by atoms with Crippen LogP contribution in [0.4, 0.5) is 0 Å². The van der Waals surface area contributed by atoms with Gasteiger partial charge in [0.1, 0.15) is 0 Å². The Morgan fingerprint density at radius 1 is 1.38 bits per heavy atom. The van der Waals surface area contributed by atoms with E-state index in [2.05, 4.69) is 4.98 Å². The molecule has 0 spiro atoms. The number of rotatable bonds is 2. The summed E-state index contributed by atoms with van der Waals surface area (Å²) in [5.41, 5.74) is 1.50. The Balaban J connectivity index is 2.73. The maximum absolute atomic E-state index is 11.0. The van der Waals surface area contributed by atoms with Crippen molar-refractivity contribution >= 4 is 16.9 Å². The zero-order valence-corrected chi connectivity index (χ0v) is 8.71. The molecule has 0 aliphatic carbocycles. The second-order valence-electron chi connectivity index (χ2n) is 3.62. The molecule has 0 fully saturated rings. The molecule has 2 rings (SSSR count). The molecule has 0 radical (unpaired) electrons. The molecule has 4 nitrogen and oxygen atoms in total. The van der Waals surface area contributed by atoms with Crippen LogP contribution in [0.5, 0.6) is 0 Å². The van der Waals surface area contributed by atoms with E-state index in [9.17, 15) is 9.90 Å². The topological polar surface area (TPSA) is 70.4 Å². The lowest BCUT2D eigenvalue weighted by Gasteiger charge is -2.07. The number of hydrogen-bond acceptors (Lipinski definition) is 3. The number of aliphatic hydroxyl groups is 1. The van der Waals surface area contributed by atoms with Crippen molar-refractivity contribution in [1.82, 2.24) is 4.98 Å². The number of hydrogen-bond donors (Lipinski definition) is 2. The molecule has 1 aromatic carbocycles. The predicted octanol–water partition coefficient (Wildman–Crippen LogP) is 1.99. The van der Waals surface area contributed by atoms with Crippen LogP contribution in [0.3, 0.4) is 0 Å². The number of carboxylic acid groups (broad SMARTS) is 1. The lowest BCUT2D eigenvalue weighted by molar-refractivity contribution is 0.0699. The van der Waals surface area contributed by atoms with Crippen LogP contribution in [0, 0.1) is 0 Å². The van der Waals surface area contributed by atoms with Gasteiger partial charge in [0.15, 0.2) is 0 Å². The molecular formula is C12H11NO3. The van der Waals surface area contributed by atoms with Crippen LogP contribution in [-0.2, 0) is 0 Å². The van der Waals surface area contributed by atoms with Gasteiger partial charge in [0.25, 0.3) is 0 Å². The first-order chi connectivity index (χ1) is 7.59. The van der Waals surface area contributed by atoms with Crippen molar-refractivity contribution < 1.29 is 15.0 Å². The summed E-state index contributed by atoms with van der Waals surface area (Å²) in [6.07, 6.45) is 0.847. The lowest BCUT2D eigenvalue weighted by atomic mass is 10.0. The fraction of sp³-hybridized carbons (Fsp3) is 0.167. The van der Waals surface area contributed by atoms with Crippen molar-refractivity contribution in [3.05, 3.63) is 41.6 Å². The van der Waals surface area contributed by atoms with E-state index in [1.54, 1.807) is 25.1 Å². The number of aliphatic hydroxyl groups excluding tert-OH is 1. The average Bonchev–Trinajstić information content (AvgIpc) is 2.27. The number of aromatic carboxylic acids is 1. The molecule has 16 heavy (non-hydrogen) atoms. The molecule has 0 aliphatic rings. The van der Waals surface area contributed by atoms with Crippen molar-refractivity contribution in [3.63, 3.8) is 0 Å². The molecule has 1 aromatic heterocycles. The van der Waals surface area contributed by atoms with Gasteiger partial charge in [-0.2, -0.15) is 0 Å². The minimum atomic E-state index is -0.991. The van der Waals surface area contributed by atoms with Crippen molar-refractivity contribution in [3.8, 4) is 0 Å². The molecule has 2 N–H and O–H groups in total. The Morgan fingerprint density at radius 3 is 2.75 bits per heavy atom. The van der Waals surface area contributed by atoms with Gasteiger partial charge in [-0.15, -0.1) is 0 Å². The minimum absolute atomic E-state index is 0.201. The third-order valence-electron chi connectivity index (χ3n) is 2.48. The van der Waals surface area contributed by atoms with Crippen molar-refractivity contribution in [2.45, 2.75) is 13.0 Å². The zero-order chi connectivity index (χ0) is 11.7. The van der Waals surface area contributed by atoms with Crippen LogP contribution in [-0.4, -0.2) is 21.2 Å². The summed E-state index contributed by atoms with van der Waals surface area (Å²) in [5.74, 6) is -0.991. The number of aromatic nitrogens is 1. The minimum Gasteiger partial charge on any atom is -0.478 e. The monoisotopic (exact) mass is 217 g/mol. The summed E-state index contributed by atoms with van der Waals surface area (Å²) < 4.78 is 0. The van der Waals surface area contributed by atoms with Gasteiger partial charge in [-0.3, -0.25) is 4.98 Å². The first-order valence-corrected chi connectivity index (χ1v) is 4.89. The Kier molecular flexibility index (Phi) is 2.58. The van der Waals surface area contributed by atoms with E-state index in [1.165, 1.54) is 12.3 Å². The van der Waals surface area contributed by atoms with E-state index >= 15 is 0 Å². The van der Waals surface area contributed by atoms with E-state index in [0.717, 1.165) is 0 Å². The van der Waals surface area contributed by atoms with Crippen LogP contribution in [0.15, 0.2) is 30.5 Å². The van der Waals surface area contributed by atoms with Crippen LogP contribution in [0.25, 0.3) is 10.9 Å². The van der Waals surface area contributed by atoms with Gasteiger partial charge in [-0.25, -0.2) is 4.79 Å². The molecular weight excluding hydrogens is 206 g/mol. The number of benzene rings is 1. The van der Waals surface area contributed by atoms with Gasteiger partial charge in [0, 0.05) is 11.6 Å². The summed E-state index contributed by atoms with van der Waals surface area (Å²) in [6, 6.07) is 6.57. The van der Waals surface area contributed by atoms with Crippen molar-refractivity contribution in [2.75, 3.05) is 0 Å². The van der Waals surface area contributed by atoms with E-state index in [1.807, 2.05) is 0 Å². The molecule has 82 valence electrons. The second kappa shape index (κ2) is 3.90. The summed E-state index contributed by atoms with van der Waals surface area (Å²) in [5, 5.41) is 19.0. The second-order valence-corrected chi connectivity index (χ2v) is 3.62. The summed E-state index contributed by atoms with van der Waals surface area (Å²) >= 11 is 0. The number of nitrogens with zero attached hydrogens (tertiary/aromatic N) is 1. The van der Waals surface area contributed by atoms with E-state index < -0.39 is 12.1 Å². The van der Waals surface area contributed by atoms with Crippen LogP contribution in [0.2, 0.25) is 0 Å². The van der Waals surface area contributed by atoms with Crippen molar-refractivity contribution in [2.24, 2.45) is 0 Å². The quantitative estimate of drug-likeness (QED) is 0.807. The summed E-state index contributed by atoms with van der Waals surface area (Å²) in [6.45, 7) is 1.64. The van der Waals surface area contributed by atoms with Crippen LogP contribution in [0.1, 0.15) is 28.9 Å². The number of pyridine rings is 1. The Hall–Kier alpha value is -1.94. The highest BCUT2D eigenvalue weighted by Gasteiger charge is 2.10. The maximum Gasteiger partial charge on any atom is 0.336 e. The summed E-state index contributed by atoms with van der Waals surface area (Å²) in [4.78, 5) is 15.1. The largest absolute Gasteiger partial charge is 0.478 e. The maximum atomic E-state index is 11.0. The van der Waals surface area contributed by atoms with Gasteiger partial charge in [0.05, 0.1) is 17.2 Å². The van der Waals surface area contributed by atoms with E-state index in [-0.39, 0.29) is 5.56 Å². The number of fused-ring (bicyclic) bond motifs is 1. The third kappa shape index (κ3) is 1.75. The lowest BCUT2D eigenvalue weighted by Crippen LogP contribution is -1.99. The highest BCUT2D eigenvalue weighted by molar-refractivity contribution is 6.02. The standard InChI is InChI=1S/C12H11NO3/c1-7(14)8-2-3-11-10(6-8)9(12(15)16)4-5-13-11/h2-7,14H,1H3,(H,15,16). The Bertz CT molecular complexity index is 549. The molecule has 4 heteroatoms. The predicted molar refractivity (Wildman–Crippen MR) is 59.3 cm³/mol. The molecule has 0 bridgehead atoms. The Morgan fingerprint density at radius 2 is 2.12 bits per heavy atom. The SMILES string of the molecule is CC(O)c1ccc2nccc(C(=O)O)c2c1. The van der Waals surface area contributed by atoms with Gasteiger partial charge in [0.2, 0.25) is 0 Å². The van der Waals surface area contributed by atoms with Crippen molar-refractivity contribution in [1.29, 1.82) is 0 Å². The van der Waals surface area contributed by atoms with E-state index in [4.69, 9.17) is 5.11 Å². The third-order valence-corrected chi connectivity index (χ3v) is 2.48. The van der Waals surface area contributed by atoms with Crippen LogP contribution < -0.4 is 0 Å². The zero-order valence-electron chi connectivity index (χ0n) is 8.71. The molecule has 0 aliphatic heterocycles. The first kappa shape index (κ1) is 10.6. The van der Waals surface area contributed by atoms with Gasteiger partial charge >= 0.3 is 5.97 Å². The fourth-order valence-corrected chi connectivity index (χ4v) is 1.61. The molecule has 1 heterocycles. The smallest absolute Gasteiger partial charge is 0.336 e. The molecule has 0 saturated heterocycles. The summed E-state index contributed by atoms with van der Waals surface area (Å²) in [7, 11) is 0.